The van der Waals surface area contributed by atoms with E-state index >= 15 is 0 Å². The monoisotopic (exact) mass is 315 g/mol. The highest BCUT2D eigenvalue weighted by Gasteiger charge is 2.58. The molecule has 1 fully saturated rings. The number of rotatable bonds is 4. The molecule has 1 saturated carbocycles. The first kappa shape index (κ1) is 13.5. The lowest BCUT2D eigenvalue weighted by Crippen LogP contribution is -2.34. The Bertz CT molecular complexity index is 486. The number of carboxylic acid groups (broad SMARTS) is 1. The molecule has 1 N–H and O–H groups in total. The number of halogens is 2. The van der Waals surface area contributed by atoms with E-state index in [1.54, 1.807) is 31.1 Å². The third-order valence-corrected chi connectivity index (χ3v) is 4.00. The summed E-state index contributed by atoms with van der Waals surface area (Å²) in [5, 5.41) is 9.38. The largest absolute Gasteiger partial charge is 0.481 e. The van der Waals surface area contributed by atoms with Crippen molar-refractivity contribution < 1.29 is 14.3 Å². The van der Waals surface area contributed by atoms with Gasteiger partial charge < -0.3 is 10.0 Å². The van der Waals surface area contributed by atoms with Crippen LogP contribution in [-0.2, 0) is 4.79 Å². The van der Waals surface area contributed by atoms with E-state index in [1.807, 2.05) is 0 Å². The SMILES string of the molecule is CN(C)C(c1cc(Br)ccc1F)C1(C(=O)O)CC1. The van der Waals surface area contributed by atoms with Crippen molar-refractivity contribution in [2.75, 3.05) is 14.1 Å². The van der Waals surface area contributed by atoms with Crippen molar-refractivity contribution in [1.29, 1.82) is 0 Å². The lowest BCUT2D eigenvalue weighted by Gasteiger charge is -2.30. The third kappa shape index (κ3) is 2.17. The minimum Gasteiger partial charge on any atom is -0.481 e. The first-order valence-corrected chi connectivity index (χ1v) is 6.52. The molecule has 0 radical (unpaired) electrons. The van der Waals surface area contributed by atoms with Gasteiger partial charge >= 0.3 is 5.97 Å². The Hall–Kier alpha value is -0.940. The fourth-order valence-electron chi connectivity index (χ4n) is 2.53. The van der Waals surface area contributed by atoms with E-state index in [9.17, 15) is 14.3 Å². The Morgan fingerprint density at radius 2 is 2.11 bits per heavy atom. The summed E-state index contributed by atoms with van der Waals surface area (Å²) < 4.78 is 14.7. The maximum atomic E-state index is 14.0. The molecule has 0 aliphatic heterocycles. The maximum absolute atomic E-state index is 14.0. The van der Waals surface area contributed by atoms with Crippen molar-refractivity contribution in [2.45, 2.75) is 18.9 Å². The van der Waals surface area contributed by atoms with Crippen LogP contribution in [0.2, 0.25) is 0 Å². The Balaban J connectivity index is 2.49. The molecule has 98 valence electrons. The fraction of sp³-hybridized carbons (Fsp3) is 0.462. The molecule has 1 aromatic carbocycles. The van der Waals surface area contributed by atoms with Crippen molar-refractivity contribution in [3.05, 3.63) is 34.1 Å². The molecule has 0 amide bonds. The number of carbonyl (C=O) groups is 1. The Morgan fingerprint density at radius 3 is 2.56 bits per heavy atom. The molecule has 1 aliphatic rings. The van der Waals surface area contributed by atoms with Crippen molar-refractivity contribution in [2.24, 2.45) is 5.41 Å². The predicted molar refractivity (Wildman–Crippen MR) is 69.8 cm³/mol. The summed E-state index contributed by atoms with van der Waals surface area (Å²) in [5.41, 5.74) is -0.403. The second-order valence-corrected chi connectivity index (χ2v) is 5.91. The molecule has 0 saturated heterocycles. The molecule has 5 heteroatoms. The van der Waals surface area contributed by atoms with Gasteiger partial charge in [-0.25, -0.2) is 4.39 Å². The molecular weight excluding hydrogens is 301 g/mol. The fourth-order valence-corrected chi connectivity index (χ4v) is 2.91. The molecule has 0 spiro atoms. The van der Waals surface area contributed by atoms with Gasteiger partial charge in [-0.3, -0.25) is 4.79 Å². The number of carboxylic acids is 1. The molecular formula is C13H15BrFNO2. The lowest BCUT2D eigenvalue weighted by atomic mass is 9.89. The van der Waals surface area contributed by atoms with E-state index in [0.717, 1.165) is 4.47 Å². The van der Waals surface area contributed by atoms with E-state index in [1.165, 1.54) is 6.07 Å². The minimum atomic E-state index is -0.847. The standard InChI is InChI=1S/C13H15BrFNO2/c1-16(2)11(13(5-6-13)12(17)18)9-7-8(14)3-4-10(9)15/h3-4,7,11H,5-6H2,1-2H3,(H,17,18). The van der Waals surface area contributed by atoms with Crippen molar-refractivity contribution >= 4 is 21.9 Å². The molecule has 0 bridgehead atoms. The van der Waals surface area contributed by atoms with Crippen molar-refractivity contribution in [3.8, 4) is 0 Å². The zero-order valence-electron chi connectivity index (χ0n) is 10.3. The van der Waals surface area contributed by atoms with Crippen LogP contribution >= 0.6 is 15.9 Å². The van der Waals surface area contributed by atoms with Crippen LogP contribution in [-0.4, -0.2) is 30.1 Å². The highest BCUT2D eigenvalue weighted by Crippen LogP contribution is 2.57. The zero-order valence-corrected chi connectivity index (χ0v) is 11.9. The molecule has 3 nitrogen and oxygen atoms in total. The van der Waals surface area contributed by atoms with Crippen LogP contribution in [0.3, 0.4) is 0 Å². The Morgan fingerprint density at radius 1 is 1.50 bits per heavy atom. The highest BCUT2D eigenvalue weighted by atomic mass is 79.9. The molecule has 0 heterocycles. The van der Waals surface area contributed by atoms with E-state index in [4.69, 9.17) is 0 Å². The smallest absolute Gasteiger partial charge is 0.311 e. The third-order valence-electron chi connectivity index (χ3n) is 3.51. The summed E-state index contributed by atoms with van der Waals surface area (Å²) in [7, 11) is 3.57. The molecule has 1 atom stereocenters. The summed E-state index contributed by atoms with van der Waals surface area (Å²) in [6.45, 7) is 0. The Labute approximate surface area is 114 Å². The van der Waals surface area contributed by atoms with E-state index in [0.29, 0.717) is 18.4 Å². The molecule has 1 aliphatic carbocycles. The molecule has 1 aromatic rings. The summed E-state index contributed by atoms with van der Waals surface area (Å²) in [6.07, 6.45) is 1.19. The molecule has 2 rings (SSSR count). The summed E-state index contributed by atoms with van der Waals surface area (Å²) in [6, 6.07) is 4.22. The van der Waals surface area contributed by atoms with Crippen LogP contribution in [0, 0.1) is 11.2 Å². The van der Waals surface area contributed by atoms with E-state index in [2.05, 4.69) is 15.9 Å². The normalized spacial score (nSPS) is 18.7. The van der Waals surface area contributed by atoms with Gasteiger partial charge in [-0.2, -0.15) is 0 Å². The highest BCUT2D eigenvalue weighted by molar-refractivity contribution is 9.10. The van der Waals surface area contributed by atoms with Gasteiger partial charge in [0.2, 0.25) is 0 Å². The number of nitrogens with zero attached hydrogens (tertiary/aromatic N) is 1. The second-order valence-electron chi connectivity index (χ2n) is 4.99. The van der Waals surface area contributed by atoms with Gasteiger partial charge in [0.25, 0.3) is 0 Å². The van der Waals surface area contributed by atoms with Crippen LogP contribution in [0.25, 0.3) is 0 Å². The average molecular weight is 316 g/mol. The summed E-state index contributed by atoms with van der Waals surface area (Å²) in [4.78, 5) is 13.2. The van der Waals surface area contributed by atoms with E-state index < -0.39 is 17.4 Å². The summed E-state index contributed by atoms with van der Waals surface area (Å²) in [5.74, 6) is -1.20. The van der Waals surface area contributed by atoms with E-state index in [-0.39, 0.29) is 5.82 Å². The van der Waals surface area contributed by atoms with Gasteiger partial charge in [0.15, 0.2) is 0 Å². The maximum Gasteiger partial charge on any atom is 0.311 e. The first-order valence-electron chi connectivity index (χ1n) is 5.73. The molecule has 0 aromatic heterocycles. The molecule has 18 heavy (non-hydrogen) atoms. The average Bonchev–Trinajstić information content (AvgIpc) is 3.04. The quantitative estimate of drug-likeness (QED) is 0.928. The summed E-state index contributed by atoms with van der Waals surface area (Å²) >= 11 is 3.31. The topological polar surface area (TPSA) is 40.5 Å². The number of aliphatic carboxylic acids is 1. The van der Waals surface area contributed by atoms with Crippen LogP contribution in [0.4, 0.5) is 4.39 Å². The van der Waals surface area contributed by atoms with Gasteiger partial charge in [0.1, 0.15) is 5.82 Å². The van der Waals surface area contributed by atoms with Crippen LogP contribution < -0.4 is 0 Å². The lowest BCUT2D eigenvalue weighted by molar-refractivity contribution is -0.146. The van der Waals surface area contributed by atoms with Crippen LogP contribution in [0.5, 0.6) is 0 Å². The number of hydrogen-bond acceptors (Lipinski definition) is 2. The predicted octanol–water partition coefficient (Wildman–Crippen LogP) is 3.06. The van der Waals surface area contributed by atoms with Gasteiger partial charge in [-0.1, -0.05) is 15.9 Å². The van der Waals surface area contributed by atoms with Gasteiger partial charge in [-0.05, 0) is 45.1 Å². The van der Waals surface area contributed by atoms with Crippen LogP contribution in [0.15, 0.2) is 22.7 Å². The van der Waals surface area contributed by atoms with Gasteiger partial charge in [0.05, 0.1) is 11.5 Å². The van der Waals surface area contributed by atoms with Crippen LogP contribution in [0.1, 0.15) is 24.4 Å². The number of hydrogen-bond donors (Lipinski definition) is 1. The second kappa shape index (κ2) is 4.63. The first-order chi connectivity index (χ1) is 8.38. The van der Waals surface area contributed by atoms with Gasteiger partial charge in [-0.15, -0.1) is 0 Å². The minimum absolute atomic E-state index is 0.357. The van der Waals surface area contributed by atoms with Crippen molar-refractivity contribution in [3.63, 3.8) is 0 Å². The molecule has 1 unspecified atom stereocenters. The van der Waals surface area contributed by atoms with Gasteiger partial charge in [0, 0.05) is 10.0 Å². The number of benzene rings is 1. The van der Waals surface area contributed by atoms with Crippen molar-refractivity contribution in [1.82, 2.24) is 4.90 Å². The zero-order chi connectivity index (χ0) is 13.5. The Kier molecular flexibility index (Phi) is 3.47.